The van der Waals surface area contributed by atoms with Gasteiger partial charge in [0.15, 0.2) is 5.82 Å². The maximum atomic E-state index is 12.8. The summed E-state index contributed by atoms with van der Waals surface area (Å²) in [5.41, 5.74) is 3.27. The lowest BCUT2D eigenvalue weighted by Crippen LogP contribution is -2.85. The SMILES string of the molecule is C[C@H]([NH2+]CCc1ccccc1)c1nc2scc(-c3ccccc3)c2c(=O)[nH]1. The zero-order valence-electron chi connectivity index (χ0n) is 15.2. The van der Waals surface area contributed by atoms with Crippen LogP contribution in [-0.2, 0) is 6.42 Å². The van der Waals surface area contributed by atoms with Crippen LogP contribution >= 0.6 is 11.3 Å². The molecule has 2 aromatic carbocycles. The van der Waals surface area contributed by atoms with E-state index in [-0.39, 0.29) is 11.6 Å². The maximum Gasteiger partial charge on any atom is 0.260 e. The molecule has 0 aliphatic carbocycles. The predicted molar refractivity (Wildman–Crippen MR) is 111 cm³/mol. The van der Waals surface area contributed by atoms with Gasteiger partial charge < -0.3 is 10.3 Å². The molecule has 0 aliphatic heterocycles. The standard InChI is InChI=1S/C22H21N3OS/c1-15(23-13-12-16-8-4-2-5-9-16)20-24-21(26)19-18(14-27-22(19)25-20)17-10-6-3-7-11-17/h2-11,14-15,23H,12-13H2,1H3,(H,24,25,26)/p+1/t15-/m0/s1. The van der Waals surface area contributed by atoms with Crippen LogP contribution in [0.25, 0.3) is 21.3 Å². The molecule has 27 heavy (non-hydrogen) atoms. The van der Waals surface area contributed by atoms with Crippen LogP contribution in [0.2, 0.25) is 0 Å². The number of quaternary nitrogens is 1. The Morgan fingerprint density at radius 3 is 2.52 bits per heavy atom. The van der Waals surface area contributed by atoms with Gasteiger partial charge in [0.25, 0.3) is 5.56 Å². The second kappa shape index (κ2) is 7.86. The van der Waals surface area contributed by atoms with E-state index < -0.39 is 0 Å². The van der Waals surface area contributed by atoms with Gasteiger partial charge in [-0.2, -0.15) is 0 Å². The Morgan fingerprint density at radius 2 is 1.78 bits per heavy atom. The van der Waals surface area contributed by atoms with Crippen LogP contribution in [0.4, 0.5) is 0 Å². The summed E-state index contributed by atoms with van der Waals surface area (Å²) in [4.78, 5) is 21.3. The van der Waals surface area contributed by atoms with E-state index in [0.717, 1.165) is 34.7 Å². The van der Waals surface area contributed by atoms with Crippen molar-refractivity contribution in [1.82, 2.24) is 9.97 Å². The second-order valence-electron chi connectivity index (χ2n) is 6.70. The fourth-order valence-corrected chi connectivity index (χ4v) is 4.22. The lowest BCUT2D eigenvalue weighted by Gasteiger charge is -2.10. The van der Waals surface area contributed by atoms with Gasteiger partial charge in [0.1, 0.15) is 10.9 Å². The number of fused-ring (bicyclic) bond motifs is 1. The molecule has 2 heterocycles. The fraction of sp³-hybridized carbons (Fsp3) is 0.182. The number of aromatic amines is 1. The van der Waals surface area contributed by atoms with Gasteiger partial charge in [-0.3, -0.25) is 4.79 Å². The van der Waals surface area contributed by atoms with Crippen LogP contribution in [-0.4, -0.2) is 16.5 Å². The molecule has 0 saturated carbocycles. The Labute approximate surface area is 161 Å². The van der Waals surface area contributed by atoms with E-state index in [1.165, 1.54) is 16.9 Å². The Morgan fingerprint density at radius 1 is 1.07 bits per heavy atom. The van der Waals surface area contributed by atoms with Crippen molar-refractivity contribution in [1.29, 1.82) is 0 Å². The van der Waals surface area contributed by atoms with E-state index in [9.17, 15) is 4.79 Å². The molecule has 5 heteroatoms. The van der Waals surface area contributed by atoms with E-state index in [4.69, 9.17) is 4.98 Å². The molecule has 0 unspecified atom stereocenters. The van der Waals surface area contributed by atoms with Crippen LogP contribution in [0.1, 0.15) is 24.4 Å². The highest BCUT2D eigenvalue weighted by Crippen LogP contribution is 2.30. The minimum Gasteiger partial charge on any atom is -0.337 e. The molecular weight excluding hydrogens is 354 g/mol. The molecule has 0 aliphatic rings. The summed E-state index contributed by atoms with van der Waals surface area (Å²) in [7, 11) is 0. The van der Waals surface area contributed by atoms with Crippen LogP contribution in [0.3, 0.4) is 0 Å². The third-order valence-corrected chi connectivity index (χ3v) is 5.65. The molecule has 0 amide bonds. The highest BCUT2D eigenvalue weighted by molar-refractivity contribution is 7.17. The zero-order valence-corrected chi connectivity index (χ0v) is 16.0. The number of rotatable bonds is 6. The van der Waals surface area contributed by atoms with Gasteiger partial charge in [-0.25, -0.2) is 4.98 Å². The molecule has 2 aromatic heterocycles. The topological polar surface area (TPSA) is 62.4 Å². The largest absolute Gasteiger partial charge is 0.337 e. The van der Waals surface area contributed by atoms with Gasteiger partial charge in [0.05, 0.1) is 11.9 Å². The number of nitrogens with one attached hydrogen (secondary N) is 1. The Kier molecular flexibility index (Phi) is 5.14. The van der Waals surface area contributed by atoms with Crippen molar-refractivity contribution >= 4 is 21.6 Å². The summed E-state index contributed by atoms with van der Waals surface area (Å²) in [6, 6.07) is 20.5. The van der Waals surface area contributed by atoms with Crippen molar-refractivity contribution in [2.24, 2.45) is 0 Å². The predicted octanol–water partition coefficient (Wildman–Crippen LogP) is 3.52. The van der Waals surface area contributed by atoms with Crippen LogP contribution < -0.4 is 10.9 Å². The van der Waals surface area contributed by atoms with Gasteiger partial charge in [-0.05, 0) is 18.1 Å². The van der Waals surface area contributed by atoms with Crippen LogP contribution in [0, 0.1) is 0 Å². The Bertz CT molecular complexity index is 1090. The van der Waals surface area contributed by atoms with E-state index in [0.29, 0.717) is 5.39 Å². The molecule has 136 valence electrons. The van der Waals surface area contributed by atoms with Crippen molar-refractivity contribution < 1.29 is 5.32 Å². The van der Waals surface area contributed by atoms with E-state index in [1.54, 1.807) is 0 Å². The van der Waals surface area contributed by atoms with E-state index >= 15 is 0 Å². The summed E-state index contributed by atoms with van der Waals surface area (Å²) < 4.78 is 0. The van der Waals surface area contributed by atoms with Crippen molar-refractivity contribution in [3.8, 4) is 11.1 Å². The summed E-state index contributed by atoms with van der Waals surface area (Å²) in [5, 5.41) is 4.94. The number of benzene rings is 2. The molecule has 0 bridgehead atoms. The van der Waals surface area contributed by atoms with E-state index in [1.807, 2.05) is 41.8 Å². The molecule has 3 N–H and O–H groups in total. The van der Waals surface area contributed by atoms with Gasteiger partial charge >= 0.3 is 0 Å². The number of aromatic nitrogens is 2. The lowest BCUT2D eigenvalue weighted by molar-refractivity contribution is -0.693. The Hall–Kier alpha value is -2.76. The minimum absolute atomic E-state index is 0.0570. The first-order valence-electron chi connectivity index (χ1n) is 9.16. The number of H-pyrrole nitrogens is 1. The minimum atomic E-state index is -0.0570. The monoisotopic (exact) mass is 376 g/mol. The molecule has 1 atom stereocenters. The normalized spacial score (nSPS) is 12.3. The van der Waals surface area contributed by atoms with Crippen LogP contribution in [0.5, 0.6) is 0 Å². The fourth-order valence-electron chi connectivity index (χ4n) is 3.27. The maximum absolute atomic E-state index is 12.8. The first-order chi connectivity index (χ1) is 13.2. The average molecular weight is 377 g/mol. The van der Waals surface area contributed by atoms with Gasteiger partial charge in [0.2, 0.25) is 0 Å². The molecule has 4 aromatic rings. The van der Waals surface area contributed by atoms with Gasteiger partial charge in [-0.1, -0.05) is 60.7 Å². The third kappa shape index (κ3) is 3.84. The van der Waals surface area contributed by atoms with Crippen LogP contribution in [0.15, 0.2) is 70.8 Å². The summed E-state index contributed by atoms with van der Waals surface area (Å²) in [6.45, 7) is 3.04. The summed E-state index contributed by atoms with van der Waals surface area (Å²) in [5.74, 6) is 0.738. The van der Waals surface area contributed by atoms with Crippen molar-refractivity contribution in [3.63, 3.8) is 0 Å². The lowest BCUT2D eigenvalue weighted by atomic mass is 10.1. The number of nitrogens with two attached hydrogens (primary N) is 1. The highest BCUT2D eigenvalue weighted by atomic mass is 32.1. The third-order valence-electron chi connectivity index (χ3n) is 4.77. The van der Waals surface area contributed by atoms with Gasteiger partial charge in [-0.15, -0.1) is 11.3 Å². The first-order valence-corrected chi connectivity index (χ1v) is 10.0. The first kappa shape index (κ1) is 17.6. The molecule has 0 saturated heterocycles. The molecule has 0 radical (unpaired) electrons. The van der Waals surface area contributed by atoms with Crippen molar-refractivity contribution in [3.05, 3.63) is 87.8 Å². The molecule has 0 fully saturated rings. The zero-order chi connectivity index (χ0) is 18.6. The number of nitrogens with zero attached hydrogens (tertiary/aromatic N) is 1. The smallest absolute Gasteiger partial charge is 0.260 e. The summed E-state index contributed by atoms with van der Waals surface area (Å²) >= 11 is 1.53. The molecule has 0 spiro atoms. The van der Waals surface area contributed by atoms with E-state index in [2.05, 4.69) is 41.5 Å². The Balaban J connectivity index is 1.54. The van der Waals surface area contributed by atoms with Gasteiger partial charge in [0, 0.05) is 17.4 Å². The number of hydrogen-bond acceptors (Lipinski definition) is 3. The van der Waals surface area contributed by atoms with Crippen molar-refractivity contribution in [2.75, 3.05) is 6.54 Å². The molecule has 4 rings (SSSR count). The molecular formula is C22H22N3OS+. The second-order valence-corrected chi connectivity index (χ2v) is 7.55. The summed E-state index contributed by atoms with van der Waals surface area (Å²) in [6.07, 6.45) is 0.995. The number of thiophene rings is 1. The number of hydrogen-bond donors (Lipinski definition) is 2. The molecule has 4 nitrogen and oxygen atoms in total. The quantitative estimate of drug-likeness (QED) is 0.541. The van der Waals surface area contributed by atoms with Crippen molar-refractivity contribution in [2.45, 2.75) is 19.4 Å². The average Bonchev–Trinajstić information content (AvgIpc) is 3.14. The highest BCUT2D eigenvalue weighted by Gasteiger charge is 2.17.